The number of carbonyl (C=O) groups is 1. The van der Waals surface area contributed by atoms with Crippen molar-refractivity contribution in [1.82, 2.24) is 14.7 Å². The second kappa shape index (κ2) is 8.70. The van der Waals surface area contributed by atoms with Crippen molar-refractivity contribution in [3.8, 4) is 0 Å². The molecule has 1 fully saturated rings. The topological polar surface area (TPSA) is 64.2 Å². The van der Waals surface area contributed by atoms with Crippen LogP contribution in [0.3, 0.4) is 0 Å². The van der Waals surface area contributed by atoms with Gasteiger partial charge in [-0.15, -0.1) is 12.4 Å². The number of amides is 1. The molecule has 7 heteroatoms. The molecule has 0 spiro atoms. The number of halogens is 2. The number of nitrogens with two attached hydrogens (primary N) is 1. The van der Waals surface area contributed by atoms with Gasteiger partial charge in [-0.3, -0.25) is 9.48 Å². The van der Waals surface area contributed by atoms with Gasteiger partial charge in [0.2, 0.25) is 0 Å². The molecule has 2 heterocycles. The molecule has 5 nitrogen and oxygen atoms in total. The lowest BCUT2D eigenvalue weighted by atomic mass is 9.92. The second-order valence-corrected chi connectivity index (χ2v) is 6.94. The van der Waals surface area contributed by atoms with Crippen molar-refractivity contribution in [2.75, 3.05) is 13.1 Å². The van der Waals surface area contributed by atoms with Crippen LogP contribution in [0.15, 0.2) is 36.7 Å². The number of nitrogens with zero attached hydrogens (tertiary/aromatic N) is 3. The Bertz CT molecular complexity index is 717. The van der Waals surface area contributed by atoms with Gasteiger partial charge in [-0.1, -0.05) is 29.8 Å². The maximum absolute atomic E-state index is 12.7. The smallest absolute Gasteiger partial charge is 0.257 e. The molecule has 136 valence electrons. The monoisotopic (exact) mass is 382 g/mol. The van der Waals surface area contributed by atoms with Gasteiger partial charge in [0, 0.05) is 30.4 Å². The molecule has 0 radical (unpaired) electrons. The van der Waals surface area contributed by atoms with E-state index in [1.165, 1.54) is 0 Å². The summed E-state index contributed by atoms with van der Waals surface area (Å²) >= 11 is 6.18. The van der Waals surface area contributed by atoms with Crippen molar-refractivity contribution in [3.63, 3.8) is 0 Å². The molecule has 1 amide bonds. The number of piperidine rings is 1. The van der Waals surface area contributed by atoms with Crippen molar-refractivity contribution in [3.05, 3.63) is 52.8 Å². The summed E-state index contributed by atoms with van der Waals surface area (Å²) in [4.78, 5) is 14.6. The highest BCUT2D eigenvalue weighted by molar-refractivity contribution is 6.31. The Morgan fingerprint density at radius 3 is 2.92 bits per heavy atom. The predicted octanol–water partition coefficient (Wildman–Crippen LogP) is 3.21. The zero-order valence-corrected chi connectivity index (χ0v) is 15.8. The minimum Gasteiger partial charge on any atom is -0.338 e. The number of likely N-dealkylation sites (tertiary alicyclic amines) is 1. The lowest BCUT2D eigenvalue weighted by molar-refractivity contribution is 0.0661. The van der Waals surface area contributed by atoms with Crippen LogP contribution in [-0.4, -0.2) is 39.7 Å². The average Bonchev–Trinajstić information content (AvgIpc) is 3.05. The molecule has 1 aromatic heterocycles. The van der Waals surface area contributed by atoms with Crippen LogP contribution in [0.5, 0.6) is 0 Å². The quantitative estimate of drug-likeness (QED) is 0.882. The molecule has 1 aliphatic heterocycles. The summed E-state index contributed by atoms with van der Waals surface area (Å²) in [6, 6.07) is 7.77. The zero-order chi connectivity index (χ0) is 17.1. The van der Waals surface area contributed by atoms with Crippen LogP contribution < -0.4 is 5.73 Å². The third-order valence-corrected chi connectivity index (χ3v) is 5.03. The molecule has 1 aromatic carbocycles. The Morgan fingerprint density at radius 1 is 1.44 bits per heavy atom. The first-order valence-electron chi connectivity index (χ1n) is 8.35. The highest BCUT2D eigenvalue weighted by Crippen LogP contribution is 2.21. The molecule has 3 rings (SSSR count). The largest absolute Gasteiger partial charge is 0.338 e. The SMILES string of the molecule is CC(N)C1CCCN(C(=O)c2cnn(Cc3ccccc3Cl)c2)C1.Cl. The Kier molecular flexibility index (Phi) is 6.87. The van der Waals surface area contributed by atoms with E-state index < -0.39 is 0 Å². The normalized spacial score (nSPS) is 18.5. The number of hydrogen-bond acceptors (Lipinski definition) is 3. The first-order valence-corrected chi connectivity index (χ1v) is 8.73. The van der Waals surface area contributed by atoms with E-state index in [2.05, 4.69) is 5.10 Å². The summed E-state index contributed by atoms with van der Waals surface area (Å²) in [6.45, 7) is 4.08. The summed E-state index contributed by atoms with van der Waals surface area (Å²) in [7, 11) is 0. The van der Waals surface area contributed by atoms with Crippen LogP contribution >= 0.6 is 24.0 Å². The van der Waals surface area contributed by atoms with E-state index in [1.54, 1.807) is 17.1 Å². The Morgan fingerprint density at radius 2 is 2.20 bits per heavy atom. The van der Waals surface area contributed by atoms with E-state index in [-0.39, 0.29) is 24.4 Å². The zero-order valence-electron chi connectivity index (χ0n) is 14.3. The van der Waals surface area contributed by atoms with Crippen LogP contribution in [0, 0.1) is 5.92 Å². The van der Waals surface area contributed by atoms with Crippen molar-refractivity contribution < 1.29 is 4.79 Å². The van der Waals surface area contributed by atoms with E-state index >= 15 is 0 Å². The highest BCUT2D eigenvalue weighted by atomic mass is 35.5. The predicted molar refractivity (Wildman–Crippen MR) is 102 cm³/mol. The van der Waals surface area contributed by atoms with Crippen molar-refractivity contribution in [1.29, 1.82) is 0 Å². The summed E-state index contributed by atoms with van der Waals surface area (Å²) in [5.74, 6) is 0.409. The molecule has 2 atom stereocenters. The molecule has 2 unspecified atom stereocenters. The van der Waals surface area contributed by atoms with Gasteiger partial charge < -0.3 is 10.6 Å². The molecule has 0 saturated carbocycles. The van der Waals surface area contributed by atoms with Crippen molar-refractivity contribution in [2.24, 2.45) is 11.7 Å². The third kappa shape index (κ3) is 4.75. The number of aromatic nitrogens is 2. The second-order valence-electron chi connectivity index (χ2n) is 6.53. The van der Waals surface area contributed by atoms with Crippen LogP contribution in [-0.2, 0) is 6.54 Å². The van der Waals surface area contributed by atoms with Crippen LogP contribution in [0.2, 0.25) is 5.02 Å². The molecule has 0 bridgehead atoms. The van der Waals surface area contributed by atoms with Gasteiger partial charge in [0.15, 0.2) is 0 Å². The standard InChI is InChI=1S/C18H23ClN4O.ClH/c1-13(20)14-6-4-8-22(10-14)18(24)16-9-21-23(12-16)11-15-5-2-3-7-17(15)19;/h2-3,5,7,9,12-14H,4,6,8,10-11,20H2,1H3;1H. The number of carbonyl (C=O) groups excluding carboxylic acids is 1. The van der Waals surface area contributed by atoms with E-state index in [9.17, 15) is 4.79 Å². The van der Waals surface area contributed by atoms with Crippen LogP contribution in [0.4, 0.5) is 0 Å². The average molecular weight is 383 g/mol. The fraction of sp³-hybridized carbons (Fsp3) is 0.444. The van der Waals surface area contributed by atoms with Gasteiger partial charge in [-0.2, -0.15) is 5.10 Å². The highest BCUT2D eigenvalue weighted by Gasteiger charge is 2.27. The van der Waals surface area contributed by atoms with Gasteiger partial charge in [0.25, 0.3) is 5.91 Å². The lowest BCUT2D eigenvalue weighted by Crippen LogP contribution is -2.45. The summed E-state index contributed by atoms with van der Waals surface area (Å²) in [5, 5.41) is 5.01. The molecule has 25 heavy (non-hydrogen) atoms. The van der Waals surface area contributed by atoms with Gasteiger partial charge in [0.05, 0.1) is 18.3 Å². The van der Waals surface area contributed by atoms with Gasteiger partial charge in [0.1, 0.15) is 0 Å². The van der Waals surface area contributed by atoms with Gasteiger partial charge in [-0.05, 0) is 37.3 Å². The summed E-state index contributed by atoms with van der Waals surface area (Å²) in [6.07, 6.45) is 5.52. The lowest BCUT2D eigenvalue weighted by Gasteiger charge is -2.34. The molecular weight excluding hydrogens is 359 g/mol. The maximum atomic E-state index is 12.7. The summed E-state index contributed by atoms with van der Waals surface area (Å²) in [5.41, 5.74) is 7.61. The van der Waals surface area contributed by atoms with Crippen LogP contribution in [0.25, 0.3) is 0 Å². The van der Waals surface area contributed by atoms with E-state index in [0.717, 1.165) is 31.5 Å². The molecule has 1 aliphatic rings. The first kappa shape index (κ1) is 19.8. The summed E-state index contributed by atoms with van der Waals surface area (Å²) < 4.78 is 1.75. The molecular formula is C18H24Cl2N4O. The number of rotatable bonds is 4. The number of benzene rings is 1. The minimum absolute atomic E-state index is 0. The van der Waals surface area contributed by atoms with Crippen molar-refractivity contribution >= 4 is 29.9 Å². The Labute approximate surface area is 159 Å². The molecule has 0 aliphatic carbocycles. The molecule has 2 aromatic rings. The van der Waals surface area contributed by atoms with E-state index in [4.69, 9.17) is 17.3 Å². The van der Waals surface area contributed by atoms with Crippen molar-refractivity contribution in [2.45, 2.75) is 32.4 Å². The van der Waals surface area contributed by atoms with E-state index in [0.29, 0.717) is 23.0 Å². The van der Waals surface area contributed by atoms with Crippen LogP contribution in [0.1, 0.15) is 35.7 Å². The Hall–Kier alpha value is -1.56. The number of hydrogen-bond donors (Lipinski definition) is 1. The van der Waals surface area contributed by atoms with E-state index in [1.807, 2.05) is 36.1 Å². The first-order chi connectivity index (χ1) is 11.5. The third-order valence-electron chi connectivity index (χ3n) is 4.66. The maximum Gasteiger partial charge on any atom is 0.257 e. The fourth-order valence-electron chi connectivity index (χ4n) is 3.17. The minimum atomic E-state index is 0. The fourth-order valence-corrected chi connectivity index (χ4v) is 3.36. The Balaban J connectivity index is 0.00000225. The van der Waals surface area contributed by atoms with Gasteiger partial charge in [-0.25, -0.2) is 0 Å². The van der Waals surface area contributed by atoms with Gasteiger partial charge >= 0.3 is 0 Å². The molecule has 1 saturated heterocycles. The molecule has 2 N–H and O–H groups in total.